The molecule has 0 aromatic rings. The minimum Gasteiger partial charge on any atom is -0.387 e. The molecule has 0 unspecified atom stereocenters. The molecule has 0 aliphatic carbocycles. The lowest BCUT2D eigenvalue weighted by Crippen LogP contribution is -2.42. The Kier molecular flexibility index (Phi) is 3.36. The van der Waals surface area contributed by atoms with E-state index in [9.17, 15) is 13.2 Å². The van der Waals surface area contributed by atoms with Crippen LogP contribution in [-0.2, 0) is 0 Å². The van der Waals surface area contributed by atoms with E-state index in [1.54, 1.807) is 4.90 Å². The van der Waals surface area contributed by atoms with Crippen LogP contribution in [0.5, 0.6) is 0 Å². The number of nitrogens with zero attached hydrogens (tertiary/aromatic N) is 1. The van der Waals surface area contributed by atoms with Gasteiger partial charge in [0, 0.05) is 0 Å². The maximum Gasteiger partial charge on any atom is 0.391 e. The Bertz CT molecular complexity index is 206. The van der Waals surface area contributed by atoms with Crippen LogP contribution in [-0.4, -0.2) is 36.5 Å². The number of amidine groups is 1. The Morgan fingerprint density at radius 3 is 2.21 bits per heavy atom. The summed E-state index contributed by atoms with van der Waals surface area (Å²) in [5.41, 5.74) is 5.16. The molecule has 0 spiro atoms. The summed E-state index contributed by atoms with van der Waals surface area (Å²) in [4.78, 5) is 1.78. The lowest BCUT2D eigenvalue weighted by atomic mass is 9.96. The molecule has 0 bridgehead atoms. The third-order valence-corrected chi connectivity index (χ3v) is 2.44. The first-order valence-electron chi connectivity index (χ1n) is 4.51. The third kappa shape index (κ3) is 3.17. The molecule has 14 heavy (non-hydrogen) atoms. The minimum atomic E-state index is -4.07. The van der Waals surface area contributed by atoms with E-state index < -0.39 is 12.1 Å². The fourth-order valence-electron chi connectivity index (χ4n) is 1.66. The standard InChI is InChI=1S/C8H14F3N3/c9-8(10,11)6-1-3-14(4-2-6)5-7(12)13/h6H,1-5H2,(H3,12,13). The van der Waals surface area contributed by atoms with Gasteiger partial charge >= 0.3 is 6.18 Å². The summed E-state index contributed by atoms with van der Waals surface area (Å²) < 4.78 is 36.7. The zero-order chi connectivity index (χ0) is 10.8. The summed E-state index contributed by atoms with van der Waals surface area (Å²) in [6.45, 7) is 1.04. The van der Waals surface area contributed by atoms with Crippen molar-refractivity contribution in [3.05, 3.63) is 0 Å². The van der Waals surface area contributed by atoms with E-state index in [0.29, 0.717) is 13.1 Å². The molecule has 6 heteroatoms. The quantitative estimate of drug-likeness (QED) is 0.530. The minimum absolute atomic E-state index is 0.00968. The molecule has 1 fully saturated rings. The van der Waals surface area contributed by atoms with E-state index in [2.05, 4.69) is 0 Å². The SMILES string of the molecule is N=C(N)CN1CCC(C(F)(F)F)CC1. The number of halogens is 3. The zero-order valence-corrected chi connectivity index (χ0v) is 7.77. The Morgan fingerprint density at radius 1 is 1.36 bits per heavy atom. The molecule has 1 saturated heterocycles. The van der Waals surface area contributed by atoms with E-state index >= 15 is 0 Å². The molecule has 3 N–H and O–H groups in total. The van der Waals surface area contributed by atoms with Crippen molar-refractivity contribution in [2.75, 3.05) is 19.6 Å². The van der Waals surface area contributed by atoms with Gasteiger partial charge in [0.25, 0.3) is 0 Å². The highest BCUT2D eigenvalue weighted by Gasteiger charge is 2.40. The second-order valence-electron chi connectivity index (χ2n) is 3.62. The van der Waals surface area contributed by atoms with Gasteiger partial charge in [-0.15, -0.1) is 0 Å². The van der Waals surface area contributed by atoms with Gasteiger partial charge in [-0.3, -0.25) is 10.3 Å². The Balaban J connectivity index is 2.35. The van der Waals surface area contributed by atoms with Crippen LogP contribution in [0, 0.1) is 11.3 Å². The molecule has 1 rings (SSSR count). The van der Waals surface area contributed by atoms with Crippen LogP contribution in [0.4, 0.5) is 13.2 Å². The molecule has 1 aliphatic heterocycles. The highest BCUT2D eigenvalue weighted by molar-refractivity contribution is 5.78. The number of likely N-dealkylation sites (tertiary alicyclic amines) is 1. The van der Waals surface area contributed by atoms with Gasteiger partial charge in [-0.1, -0.05) is 0 Å². The molecular formula is C8H14F3N3. The number of rotatable bonds is 2. The van der Waals surface area contributed by atoms with Crippen LogP contribution in [0.3, 0.4) is 0 Å². The topological polar surface area (TPSA) is 53.1 Å². The van der Waals surface area contributed by atoms with Crippen molar-refractivity contribution in [1.82, 2.24) is 4.90 Å². The first kappa shape index (κ1) is 11.3. The van der Waals surface area contributed by atoms with Crippen molar-refractivity contribution in [3.8, 4) is 0 Å². The largest absolute Gasteiger partial charge is 0.391 e. The predicted molar refractivity (Wildman–Crippen MR) is 47.1 cm³/mol. The molecule has 0 amide bonds. The maximum absolute atomic E-state index is 12.2. The number of nitrogens with two attached hydrogens (primary N) is 1. The fraction of sp³-hybridized carbons (Fsp3) is 0.875. The van der Waals surface area contributed by atoms with Crippen molar-refractivity contribution in [2.45, 2.75) is 19.0 Å². The first-order chi connectivity index (χ1) is 6.39. The molecular weight excluding hydrogens is 195 g/mol. The van der Waals surface area contributed by atoms with Crippen LogP contribution >= 0.6 is 0 Å². The Labute approximate surface area is 80.6 Å². The van der Waals surface area contributed by atoms with E-state index in [1.165, 1.54) is 0 Å². The van der Waals surface area contributed by atoms with Crippen LogP contribution < -0.4 is 5.73 Å². The number of nitrogens with one attached hydrogen (secondary N) is 1. The molecule has 0 saturated carbocycles. The molecule has 0 atom stereocenters. The highest BCUT2D eigenvalue weighted by atomic mass is 19.4. The number of hydrogen-bond acceptors (Lipinski definition) is 2. The van der Waals surface area contributed by atoms with Gasteiger partial charge < -0.3 is 5.73 Å². The predicted octanol–water partition coefficient (Wildman–Crippen LogP) is 1.20. The molecule has 82 valence electrons. The molecule has 0 radical (unpaired) electrons. The van der Waals surface area contributed by atoms with Crippen molar-refractivity contribution < 1.29 is 13.2 Å². The third-order valence-electron chi connectivity index (χ3n) is 2.44. The van der Waals surface area contributed by atoms with Gasteiger partial charge in [0.1, 0.15) is 5.84 Å². The molecule has 3 nitrogen and oxygen atoms in total. The Morgan fingerprint density at radius 2 is 1.86 bits per heavy atom. The van der Waals surface area contributed by atoms with Gasteiger partial charge in [0.2, 0.25) is 0 Å². The summed E-state index contributed by atoms with van der Waals surface area (Å²) in [6.07, 6.45) is -3.82. The molecule has 0 aromatic carbocycles. The summed E-state index contributed by atoms with van der Waals surface area (Å²) in [6, 6.07) is 0. The maximum atomic E-state index is 12.2. The van der Waals surface area contributed by atoms with Gasteiger partial charge in [-0.25, -0.2) is 0 Å². The summed E-state index contributed by atoms with van der Waals surface area (Å²) in [5, 5.41) is 7.02. The summed E-state index contributed by atoms with van der Waals surface area (Å²) in [5.74, 6) is -1.17. The van der Waals surface area contributed by atoms with Crippen LogP contribution in [0.2, 0.25) is 0 Å². The van der Waals surface area contributed by atoms with E-state index in [4.69, 9.17) is 11.1 Å². The van der Waals surface area contributed by atoms with Gasteiger partial charge in [0.15, 0.2) is 0 Å². The second kappa shape index (κ2) is 4.16. The van der Waals surface area contributed by atoms with Crippen LogP contribution in [0.15, 0.2) is 0 Å². The first-order valence-corrected chi connectivity index (χ1v) is 4.51. The van der Waals surface area contributed by atoms with Crippen molar-refractivity contribution in [2.24, 2.45) is 11.7 Å². The second-order valence-corrected chi connectivity index (χ2v) is 3.62. The molecule has 1 heterocycles. The van der Waals surface area contributed by atoms with Crippen molar-refractivity contribution >= 4 is 5.84 Å². The highest BCUT2D eigenvalue weighted by Crippen LogP contribution is 2.33. The van der Waals surface area contributed by atoms with Gasteiger partial charge in [-0.2, -0.15) is 13.2 Å². The van der Waals surface area contributed by atoms with E-state index in [-0.39, 0.29) is 25.2 Å². The Hall–Kier alpha value is -0.780. The molecule has 1 aliphatic rings. The van der Waals surface area contributed by atoms with E-state index in [1.807, 2.05) is 0 Å². The van der Waals surface area contributed by atoms with Crippen molar-refractivity contribution in [3.63, 3.8) is 0 Å². The smallest absolute Gasteiger partial charge is 0.387 e. The average Bonchev–Trinajstić information content (AvgIpc) is 2.02. The average molecular weight is 209 g/mol. The summed E-state index contributed by atoms with van der Waals surface area (Å²) >= 11 is 0. The number of hydrogen-bond donors (Lipinski definition) is 2. The van der Waals surface area contributed by atoms with E-state index in [0.717, 1.165) is 0 Å². The summed E-state index contributed by atoms with van der Waals surface area (Å²) in [7, 11) is 0. The zero-order valence-electron chi connectivity index (χ0n) is 7.77. The lowest BCUT2D eigenvalue weighted by Gasteiger charge is -2.32. The van der Waals surface area contributed by atoms with Crippen LogP contribution in [0.1, 0.15) is 12.8 Å². The monoisotopic (exact) mass is 209 g/mol. The van der Waals surface area contributed by atoms with Gasteiger partial charge in [-0.05, 0) is 25.9 Å². The number of piperidine rings is 1. The molecule has 0 aromatic heterocycles. The number of alkyl halides is 3. The van der Waals surface area contributed by atoms with Crippen molar-refractivity contribution in [1.29, 1.82) is 5.41 Å². The normalized spacial score (nSPS) is 21.1. The van der Waals surface area contributed by atoms with Gasteiger partial charge in [0.05, 0.1) is 12.5 Å². The van der Waals surface area contributed by atoms with Crippen LogP contribution in [0.25, 0.3) is 0 Å². The lowest BCUT2D eigenvalue weighted by molar-refractivity contribution is -0.184. The fourth-order valence-corrected chi connectivity index (χ4v) is 1.66.